The van der Waals surface area contributed by atoms with Crippen LogP contribution in [0.5, 0.6) is 0 Å². The number of nitro benzene ring substituents is 1. The van der Waals surface area contributed by atoms with Crippen molar-refractivity contribution in [2.45, 2.75) is 25.3 Å². The van der Waals surface area contributed by atoms with E-state index in [1.165, 1.54) is 18.6 Å². The van der Waals surface area contributed by atoms with Gasteiger partial charge in [0.1, 0.15) is 11.5 Å². The summed E-state index contributed by atoms with van der Waals surface area (Å²) in [4.78, 5) is 12.7. The number of rotatable bonds is 4. The maximum absolute atomic E-state index is 13.5. The molecule has 1 atom stereocenters. The predicted molar refractivity (Wildman–Crippen MR) is 79.5 cm³/mol. The van der Waals surface area contributed by atoms with Gasteiger partial charge in [-0.25, -0.2) is 4.39 Å². The largest absolute Gasteiger partial charge is 0.378 e. The zero-order chi connectivity index (χ0) is 14.7. The van der Waals surface area contributed by atoms with Crippen molar-refractivity contribution in [3.63, 3.8) is 0 Å². The van der Waals surface area contributed by atoms with Crippen molar-refractivity contribution in [1.82, 2.24) is 4.90 Å². The molecule has 110 valence electrons. The van der Waals surface area contributed by atoms with E-state index in [2.05, 4.69) is 26.1 Å². The Morgan fingerprint density at radius 2 is 2.30 bits per heavy atom. The van der Waals surface area contributed by atoms with Crippen LogP contribution in [-0.4, -0.2) is 36.0 Å². The van der Waals surface area contributed by atoms with Crippen molar-refractivity contribution < 1.29 is 9.31 Å². The third-order valence-electron chi connectivity index (χ3n) is 3.68. The third kappa shape index (κ3) is 3.46. The average Bonchev–Trinajstić information content (AvgIpc) is 2.41. The number of nitro groups is 1. The molecule has 1 unspecified atom stereocenters. The highest BCUT2D eigenvalue weighted by Gasteiger charge is 2.21. The van der Waals surface area contributed by atoms with Crippen LogP contribution in [0.3, 0.4) is 0 Å². The van der Waals surface area contributed by atoms with E-state index in [1.807, 2.05) is 7.05 Å². The monoisotopic (exact) mass is 345 g/mol. The van der Waals surface area contributed by atoms with E-state index in [0.717, 1.165) is 19.4 Å². The average molecular weight is 346 g/mol. The topological polar surface area (TPSA) is 58.4 Å². The van der Waals surface area contributed by atoms with E-state index in [4.69, 9.17) is 0 Å². The van der Waals surface area contributed by atoms with Crippen LogP contribution in [0.15, 0.2) is 16.6 Å². The molecule has 0 bridgehead atoms. The molecule has 1 aromatic rings. The molecular weight excluding hydrogens is 329 g/mol. The molecule has 5 nitrogen and oxygen atoms in total. The van der Waals surface area contributed by atoms with Crippen LogP contribution in [-0.2, 0) is 0 Å². The van der Waals surface area contributed by atoms with Crippen molar-refractivity contribution in [3.8, 4) is 0 Å². The molecule has 1 aliphatic heterocycles. The Hall–Kier alpha value is -1.21. The number of likely N-dealkylation sites (N-methyl/N-ethyl adjacent to an activating group) is 1. The molecule has 7 heteroatoms. The number of hydrogen-bond acceptors (Lipinski definition) is 4. The van der Waals surface area contributed by atoms with Gasteiger partial charge in [0.15, 0.2) is 0 Å². The fourth-order valence-corrected chi connectivity index (χ4v) is 2.79. The van der Waals surface area contributed by atoms with Crippen LogP contribution in [0.4, 0.5) is 15.8 Å². The van der Waals surface area contributed by atoms with Gasteiger partial charge in [0.2, 0.25) is 0 Å². The summed E-state index contributed by atoms with van der Waals surface area (Å²) < 4.78 is 13.6. The van der Waals surface area contributed by atoms with Gasteiger partial charge in [-0.2, -0.15) is 0 Å². The molecule has 20 heavy (non-hydrogen) atoms. The molecule has 1 fully saturated rings. The molecule has 0 amide bonds. The highest BCUT2D eigenvalue weighted by atomic mass is 79.9. The Bertz CT molecular complexity index is 513. The zero-order valence-corrected chi connectivity index (χ0v) is 12.8. The van der Waals surface area contributed by atoms with Crippen LogP contribution in [0.25, 0.3) is 0 Å². The number of hydrogen-bond donors (Lipinski definition) is 1. The fourth-order valence-electron chi connectivity index (χ4n) is 2.46. The van der Waals surface area contributed by atoms with E-state index < -0.39 is 10.7 Å². The number of likely N-dealkylation sites (tertiary alicyclic amines) is 1. The summed E-state index contributed by atoms with van der Waals surface area (Å²) in [5.74, 6) is -0.505. The van der Waals surface area contributed by atoms with Crippen LogP contribution in [0, 0.1) is 15.9 Å². The van der Waals surface area contributed by atoms with E-state index in [9.17, 15) is 14.5 Å². The second kappa shape index (κ2) is 6.49. The van der Waals surface area contributed by atoms with Crippen LogP contribution in [0.1, 0.15) is 19.3 Å². The van der Waals surface area contributed by atoms with Gasteiger partial charge in [-0.15, -0.1) is 0 Å². The molecule has 1 N–H and O–H groups in total. The highest BCUT2D eigenvalue weighted by molar-refractivity contribution is 9.10. The molecular formula is C13H17BrFN3O2. The minimum Gasteiger partial charge on any atom is -0.378 e. The minimum absolute atomic E-state index is 0.101. The normalized spacial score (nSPS) is 19.9. The van der Waals surface area contributed by atoms with Crippen LogP contribution in [0.2, 0.25) is 0 Å². The minimum atomic E-state index is -0.505. The smallest absolute Gasteiger partial charge is 0.293 e. The summed E-state index contributed by atoms with van der Waals surface area (Å²) in [6.07, 6.45) is 3.39. The molecule has 1 aromatic carbocycles. The van der Waals surface area contributed by atoms with Gasteiger partial charge in [-0.1, -0.05) is 6.42 Å². The molecule has 0 aromatic heterocycles. The SMILES string of the molecule is CN1CCCCC1CNc1cc(F)c(Br)cc1[N+](=O)[O-]. The van der Waals surface area contributed by atoms with Crippen LogP contribution < -0.4 is 5.32 Å². The lowest BCUT2D eigenvalue weighted by molar-refractivity contribution is -0.384. The van der Waals surface area contributed by atoms with Gasteiger partial charge in [0.25, 0.3) is 5.69 Å². The summed E-state index contributed by atoms with van der Waals surface area (Å²) in [6.45, 7) is 1.61. The molecule has 0 saturated carbocycles. The Morgan fingerprint density at radius 1 is 1.55 bits per heavy atom. The van der Waals surface area contributed by atoms with Gasteiger partial charge in [-0.05, 0) is 42.4 Å². The van der Waals surface area contributed by atoms with Gasteiger partial charge < -0.3 is 10.2 Å². The second-order valence-corrected chi connectivity index (χ2v) is 5.91. The summed E-state index contributed by atoms with van der Waals surface area (Å²) in [7, 11) is 2.04. The standard InChI is InChI=1S/C13H17BrFN3O2/c1-17-5-3-2-4-9(17)8-16-12-7-11(15)10(14)6-13(12)18(19)20/h6-7,9,16H,2-5,8H2,1H3. The molecule has 1 heterocycles. The fraction of sp³-hybridized carbons (Fsp3) is 0.538. The highest BCUT2D eigenvalue weighted by Crippen LogP contribution is 2.30. The zero-order valence-electron chi connectivity index (χ0n) is 11.2. The van der Waals surface area contributed by atoms with Crippen molar-refractivity contribution in [3.05, 3.63) is 32.5 Å². The summed E-state index contributed by atoms with van der Waals surface area (Å²) >= 11 is 2.97. The first kappa shape index (κ1) is 15.2. The first-order chi connectivity index (χ1) is 9.49. The summed E-state index contributed by atoms with van der Waals surface area (Å²) in [5.41, 5.74) is 0.117. The first-order valence-corrected chi connectivity index (χ1v) is 7.36. The number of nitrogens with zero attached hydrogens (tertiary/aromatic N) is 2. The lowest BCUT2D eigenvalue weighted by Crippen LogP contribution is -2.40. The van der Waals surface area contributed by atoms with Gasteiger partial charge in [-0.3, -0.25) is 10.1 Å². The number of benzene rings is 1. The van der Waals surface area contributed by atoms with E-state index in [1.54, 1.807) is 0 Å². The van der Waals surface area contributed by atoms with Crippen molar-refractivity contribution >= 4 is 27.3 Å². The van der Waals surface area contributed by atoms with Gasteiger partial charge >= 0.3 is 0 Å². The number of anilines is 1. The number of nitrogens with one attached hydrogen (secondary N) is 1. The predicted octanol–water partition coefficient (Wildman–Crippen LogP) is 3.39. The lowest BCUT2D eigenvalue weighted by Gasteiger charge is -2.32. The third-order valence-corrected chi connectivity index (χ3v) is 4.29. The molecule has 1 saturated heterocycles. The molecule has 2 rings (SSSR count). The van der Waals surface area contributed by atoms with E-state index >= 15 is 0 Å². The van der Waals surface area contributed by atoms with E-state index in [0.29, 0.717) is 12.6 Å². The van der Waals surface area contributed by atoms with Gasteiger partial charge in [0, 0.05) is 24.7 Å². The Labute approximate surface area is 125 Å². The van der Waals surface area contributed by atoms with Crippen molar-refractivity contribution in [2.24, 2.45) is 0 Å². The lowest BCUT2D eigenvalue weighted by atomic mass is 10.0. The molecule has 0 spiro atoms. The summed E-state index contributed by atoms with van der Waals surface area (Å²) in [6, 6.07) is 2.70. The Balaban J connectivity index is 2.12. The van der Waals surface area contributed by atoms with Crippen molar-refractivity contribution in [1.29, 1.82) is 0 Å². The van der Waals surface area contributed by atoms with E-state index in [-0.39, 0.29) is 15.8 Å². The van der Waals surface area contributed by atoms with Crippen LogP contribution >= 0.6 is 15.9 Å². The van der Waals surface area contributed by atoms with Crippen molar-refractivity contribution in [2.75, 3.05) is 25.5 Å². The molecule has 0 radical (unpaired) electrons. The Kier molecular flexibility index (Phi) is 4.93. The first-order valence-electron chi connectivity index (χ1n) is 6.56. The second-order valence-electron chi connectivity index (χ2n) is 5.05. The molecule has 0 aliphatic carbocycles. The Morgan fingerprint density at radius 3 is 2.95 bits per heavy atom. The summed E-state index contributed by atoms with van der Waals surface area (Å²) in [5, 5.41) is 14.0. The maximum atomic E-state index is 13.5. The molecule has 1 aliphatic rings. The van der Waals surface area contributed by atoms with Gasteiger partial charge in [0.05, 0.1) is 9.40 Å². The number of piperidine rings is 1. The number of halogens is 2. The quantitative estimate of drug-likeness (QED) is 0.671. The maximum Gasteiger partial charge on any atom is 0.293 e.